The molecular formula is C11H13NOS. The third kappa shape index (κ3) is 2.17. The molecule has 0 bridgehead atoms. The van der Waals surface area contributed by atoms with Crippen LogP contribution < -0.4 is 0 Å². The van der Waals surface area contributed by atoms with Crippen molar-refractivity contribution < 1.29 is 5.11 Å². The molecule has 1 aliphatic rings. The second-order valence-corrected chi connectivity index (χ2v) is 3.58. The van der Waals surface area contributed by atoms with Gasteiger partial charge in [0.15, 0.2) is 0 Å². The maximum Gasteiger partial charge on any atom is 0.141 e. The fraction of sp³-hybridized carbons (Fsp3) is 0.273. The lowest BCUT2D eigenvalue weighted by molar-refractivity contribution is 0.421. The van der Waals surface area contributed by atoms with Crippen LogP contribution in [0.1, 0.15) is 20.3 Å². The van der Waals surface area contributed by atoms with E-state index >= 15 is 0 Å². The molecule has 0 fully saturated rings. The van der Waals surface area contributed by atoms with E-state index in [0.29, 0.717) is 10.6 Å². The molecule has 0 radical (unpaired) electrons. The molecule has 0 unspecified atom stereocenters. The molecule has 74 valence electrons. The maximum absolute atomic E-state index is 9.71. The Morgan fingerprint density at radius 3 is 2.79 bits per heavy atom. The molecule has 1 rings (SSSR count). The smallest absolute Gasteiger partial charge is 0.141 e. The Labute approximate surface area is 89.4 Å². The van der Waals surface area contributed by atoms with E-state index in [1.54, 1.807) is 12.3 Å². The van der Waals surface area contributed by atoms with E-state index in [1.807, 2.05) is 13.8 Å². The van der Waals surface area contributed by atoms with E-state index in [9.17, 15) is 5.11 Å². The Bertz CT molecular complexity index is 375. The van der Waals surface area contributed by atoms with Gasteiger partial charge in [-0.05, 0) is 25.0 Å². The molecule has 0 aromatic rings. The van der Waals surface area contributed by atoms with Gasteiger partial charge in [0, 0.05) is 6.21 Å². The second kappa shape index (κ2) is 4.33. The summed E-state index contributed by atoms with van der Waals surface area (Å²) in [5.74, 6) is 0.144. The van der Waals surface area contributed by atoms with Crippen LogP contribution in [0.4, 0.5) is 0 Å². The summed E-state index contributed by atoms with van der Waals surface area (Å²) in [5, 5.41) is 9.71. The van der Waals surface area contributed by atoms with Crippen LogP contribution in [-0.4, -0.2) is 16.2 Å². The summed E-state index contributed by atoms with van der Waals surface area (Å²) in [4.78, 5) is 4.72. The number of hydrogen-bond acceptors (Lipinski definition) is 3. The Kier molecular flexibility index (Phi) is 3.36. The Morgan fingerprint density at radius 2 is 2.36 bits per heavy atom. The summed E-state index contributed by atoms with van der Waals surface area (Å²) in [6.07, 6.45) is 4.02. The first-order valence-corrected chi connectivity index (χ1v) is 4.85. The van der Waals surface area contributed by atoms with Crippen LogP contribution in [0, 0.1) is 0 Å². The van der Waals surface area contributed by atoms with E-state index in [2.05, 4.69) is 11.6 Å². The van der Waals surface area contributed by atoms with Crippen molar-refractivity contribution in [1.82, 2.24) is 0 Å². The van der Waals surface area contributed by atoms with Crippen LogP contribution in [0.3, 0.4) is 0 Å². The van der Waals surface area contributed by atoms with Gasteiger partial charge in [0.05, 0.1) is 4.86 Å². The van der Waals surface area contributed by atoms with Crippen LogP contribution in [0.5, 0.6) is 0 Å². The SMILES string of the molecule is C=C(C=C(O)C1=C(C)C(=S)C=N1)CC. The average molecular weight is 207 g/mol. The number of hydrogen-bond donors (Lipinski definition) is 1. The molecule has 1 N–H and O–H groups in total. The molecule has 1 heterocycles. The van der Waals surface area contributed by atoms with Crippen LogP contribution in [-0.2, 0) is 0 Å². The lowest BCUT2D eigenvalue weighted by Gasteiger charge is -2.01. The normalized spacial score (nSPS) is 16.7. The summed E-state index contributed by atoms with van der Waals surface area (Å²) in [6, 6.07) is 0. The predicted octanol–water partition coefficient (Wildman–Crippen LogP) is 3.12. The summed E-state index contributed by atoms with van der Waals surface area (Å²) in [7, 11) is 0. The summed E-state index contributed by atoms with van der Waals surface area (Å²) in [5.41, 5.74) is 2.28. The van der Waals surface area contributed by atoms with Gasteiger partial charge in [-0.15, -0.1) is 0 Å². The van der Waals surface area contributed by atoms with Crippen molar-refractivity contribution in [2.45, 2.75) is 20.3 Å². The topological polar surface area (TPSA) is 32.6 Å². The summed E-state index contributed by atoms with van der Waals surface area (Å²) < 4.78 is 0. The zero-order valence-corrected chi connectivity index (χ0v) is 9.19. The van der Waals surface area contributed by atoms with Gasteiger partial charge >= 0.3 is 0 Å². The van der Waals surface area contributed by atoms with Gasteiger partial charge in [-0.25, -0.2) is 0 Å². The largest absolute Gasteiger partial charge is 0.506 e. The minimum atomic E-state index is 0.144. The van der Waals surface area contributed by atoms with Crippen molar-refractivity contribution in [1.29, 1.82) is 0 Å². The Hall–Kier alpha value is -1.22. The number of nitrogens with zero attached hydrogens (tertiary/aromatic N) is 1. The van der Waals surface area contributed by atoms with Gasteiger partial charge in [-0.2, -0.15) is 0 Å². The van der Waals surface area contributed by atoms with Crippen molar-refractivity contribution in [3.63, 3.8) is 0 Å². The van der Waals surface area contributed by atoms with Crippen LogP contribution in [0.25, 0.3) is 0 Å². The Balaban J connectivity index is 2.96. The molecule has 1 aliphatic heterocycles. The lowest BCUT2D eigenvalue weighted by atomic mass is 10.1. The van der Waals surface area contributed by atoms with Crippen molar-refractivity contribution >= 4 is 23.3 Å². The number of thiocarbonyl (C=S) groups is 1. The first kappa shape index (κ1) is 10.9. The quantitative estimate of drug-likeness (QED) is 0.438. The second-order valence-electron chi connectivity index (χ2n) is 3.14. The number of aliphatic hydroxyl groups excluding tert-OH is 1. The predicted molar refractivity (Wildman–Crippen MR) is 63.9 cm³/mol. The standard InChI is InChI=1S/C11H13NOS/c1-4-7(2)5-9(13)11-8(3)10(14)6-12-11/h5-6,13H,2,4H2,1,3H3. The first-order chi connectivity index (χ1) is 6.56. The number of rotatable bonds is 3. The van der Waals surface area contributed by atoms with E-state index in [0.717, 1.165) is 17.6 Å². The zero-order valence-electron chi connectivity index (χ0n) is 8.37. The monoisotopic (exact) mass is 207 g/mol. The lowest BCUT2D eigenvalue weighted by Crippen LogP contribution is -1.93. The van der Waals surface area contributed by atoms with Crippen molar-refractivity contribution in [3.05, 3.63) is 35.3 Å². The van der Waals surface area contributed by atoms with Crippen molar-refractivity contribution in [3.8, 4) is 0 Å². The van der Waals surface area contributed by atoms with Crippen LogP contribution >= 0.6 is 12.2 Å². The molecule has 0 saturated heterocycles. The van der Waals surface area contributed by atoms with E-state index < -0.39 is 0 Å². The molecular weight excluding hydrogens is 194 g/mol. The number of aliphatic hydroxyl groups is 1. The molecule has 3 heteroatoms. The molecule has 0 aliphatic carbocycles. The minimum Gasteiger partial charge on any atom is -0.506 e. The third-order valence-corrected chi connectivity index (χ3v) is 2.48. The molecule has 0 amide bonds. The molecule has 0 aromatic heterocycles. The summed E-state index contributed by atoms with van der Waals surface area (Å²) >= 11 is 5.01. The fourth-order valence-corrected chi connectivity index (χ4v) is 1.20. The molecule has 2 nitrogen and oxygen atoms in total. The highest BCUT2D eigenvalue weighted by Crippen LogP contribution is 2.21. The number of allylic oxidation sites excluding steroid dienone is 3. The highest BCUT2D eigenvalue weighted by Gasteiger charge is 2.14. The van der Waals surface area contributed by atoms with E-state index in [1.165, 1.54) is 0 Å². The molecule has 0 spiro atoms. The molecule has 0 atom stereocenters. The van der Waals surface area contributed by atoms with Gasteiger partial charge in [0.25, 0.3) is 0 Å². The average Bonchev–Trinajstić information content (AvgIpc) is 2.47. The molecule has 0 aromatic carbocycles. The van der Waals surface area contributed by atoms with Gasteiger partial charge in [-0.1, -0.05) is 31.3 Å². The Morgan fingerprint density at radius 1 is 1.71 bits per heavy atom. The van der Waals surface area contributed by atoms with Crippen LogP contribution in [0.2, 0.25) is 0 Å². The van der Waals surface area contributed by atoms with Gasteiger partial charge in [-0.3, -0.25) is 4.99 Å². The number of aliphatic imine (C=N–C) groups is 1. The van der Waals surface area contributed by atoms with E-state index in [-0.39, 0.29) is 5.76 Å². The zero-order chi connectivity index (χ0) is 10.7. The molecule has 0 saturated carbocycles. The van der Waals surface area contributed by atoms with Crippen LogP contribution in [0.15, 0.2) is 40.2 Å². The maximum atomic E-state index is 9.71. The highest BCUT2D eigenvalue weighted by atomic mass is 32.1. The highest BCUT2D eigenvalue weighted by molar-refractivity contribution is 7.82. The summed E-state index contributed by atoms with van der Waals surface area (Å²) in [6.45, 7) is 7.62. The van der Waals surface area contributed by atoms with Gasteiger partial charge in [0.2, 0.25) is 0 Å². The van der Waals surface area contributed by atoms with Gasteiger partial charge in [0.1, 0.15) is 11.5 Å². The van der Waals surface area contributed by atoms with Crippen molar-refractivity contribution in [2.24, 2.45) is 4.99 Å². The first-order valence-electron chi connectivity index (χ1n) is 4.44. The fourth-order valence-electron chi connectivity index (χ4n) is 1.06. The molecule has 14 heavy (non-hydrogen) atoms. The third-order valence-electron chi connectivity index (χ3n) is 2.07. The van der Waals surface area contributed by atoms with Crippen molar-refractivity contribution in [2.75, 3.05) is 0 Å². The van der Waals surface area contributed by atoms with Gasteiger partial charge < -0.3 is 5.11 Å². The van der Waals surface area contributed by atoms with E-state index in [4.69, 9.17) is 12.2 Å². The minimum absolute atomic E-state index is 0.144.